The van der Waals surface area contributed by atoms with Crippen LogP contribution in [-0.4, -0.2) is 60.9 Å². The van der Waals surface area contributed by atoms with Crippen LogP contribution in [0.25, 0.3) is 0 Å². The molecule has 9 heteroatoms. The number of halogens is 1. The Hall–Kier alpha value is -1.48. The van der Waals surface area contributed by atoms with E-state index in [1.807, 2.05) is 13.8 Å². The van der Waals surface area contributed by atoms with Crippen LogP contribution < -0.4 is 5.73 Å². The summed E-state index contributed by atoms with van der Waals surface area (Å²) in [5, 5.41) is 0. The van der Waals surface area contributed by atoms with Crippen molar-refractivity contribution in [3.8, 4) is 0 Å². The SMILES string of the molecule is CC1(C)CN(S(=O)(=O)CCCN2C(=O)c3ccccc3C2=O)CCC1N.Cl. The Morgan fingerprint density at radius 3 is 2.22 bits per heavy atom. The lowest BCUT2D eigenvalue weighted by Gasteiger charge is -2.41. The first kappa shape index (κ1) is 21.8. The zero-order valence-corrected chi connectivity index (χ0v) is 17.2. The van der Waals surface area contributed by atoms with E-state index in [0.717, 1.165) is 4.90 Å². The van der Waals surface area contributed by atoms with Crippen LogP contribution in [0.2, 0.25) is 0 Å². The first-order valence-corrected chi connectivity index (χ1v) is 10.4. The van der Waals surface area contributed by atoms with E-state index < -0.39 is 10.0 Å². The van der Waals surface area contributed by atoms with E-state index in [-0.39, 0.29) is 54.4 Å². The van der Waals surface area contributed by atoms with Crippen molar-refractivity contribution in [3.63, 3.8) is 0 Å². The number of amides is 2. The molecule has 0 bridgehead atoms. The fourth-order valence-corrected chi connectivity index (χ4v) is 5.20. The number of fused-ring (bicyclic) bond motifs is 1. The largest absolute Gasteiger partial charge is 0.327 e. The Bertz CT molecular complexity index is 806. The van der Waals surface area contributed by atoms with Gasteiger partial charge >= 0.3 is 0 Å². The van der Waals surface area contributed by atoms with Crippen LogP contribution in [0, 0.1) is 5.41 Å². The maximum atomic E-state index is 12.6. The summed E-state index contributed by atoms with van der Waals surface area (Å²) in [5.74, 6) is -0.799. The molecule has 1 aromatic rings. The van der Waals surface area contributed by atoms with Gasteiger partial charge in [-0.15, -0.1) is 12.4 Å². The molecule has 2 amide bonds. The topological polar surface area (TPSA) is 101 Å². The van der Waals surface area contributed by atoms with Gasteiger partial charge in [-0.2, -0.15) is 0 Å². The van der Waals surface area contributed by atoms with Gasteiger partial charge in [0.1, 0.15) is 0 Å². The number of sulfonamides is 1. The summed E-state index contributed by atoms with van der Waals surface area (Å²) in [6, 6.07) is 6.63. The molecule has 2 aliphatic heterocycles. The monoisotopic (exact) mass is 415 g/mol. The van der Waals surface area contributed by atoms with Gasteiger partial charge in [-0.05, 0) is 30.4 Å². The summed E-state index contributed by atoms with van der Waals surface area (Å²) in [4.78, 5) is 25.8. The van der Waals surface area contributed by atoms with E-state index in [0.29, 0.717) is 30.6 Å². The molecule has 150 valence electrons. The number of benzene rings is 1. The van der Waals surface area contributed by atoms with Crippen molar-refractivity contribution in [2.24, 2.45) is 11.1 Å². The van der Waals surface area contributed by atoms with Gasteiger partial charge in [0, 0.05) is 25.7 Å². The van der Waals surface area contributed by atoms with Gasteiger partial charge in [0.15, 0.2) is 0 Å². The van der Waals surface area contributed by atoms with Crippen molar-refractivity contribution in [3.05, 3.63) is 35.4 Å². The smallest absolute Gasteiger partial charge is 0.261 e. The molecule has 7 nitrogen and oxygen atoms in total. The molecule has 1 fully saturated rings. The molecule has 3 rings (SSSR count). The van der Waals surface area contributed by atoms with Crippen molar-refractivity contribution >= 4 is 34.2 Å². The number of imide groups is 1. The molecule has 0 aliphatic carbocycles. The number of hydrogen-bond donors (Lipinski definition) is 1. The van der Waals surface area contributed by atoms with Crippen LogP contribution in [0.1, 0.15) is 47.4 Å². The minimum Gasteiger partial charge on any atom is -0.327 e. The van der Waals surface area contributed by atoms with Gasteiger partial charge in [0.2, 0.25) is 10.0 Å². The number of carbonyl (C=O) groups excluding carboxylic acids is 2. The van der Waals surface area contributed by atoms with Gasteiger partial charge in [-0.1, -0.05) is 26.0 Å². The quantitative estimate of drug-likeness (QED) is 0.734. The summed E-state index contributed by atoms with van der Waals surface area (Å²) in [7, 11) is -3.44. The lowest BCUT2D eigenvalue weighted by Crippen LogP contribution is -2.54. The summed E-state index contributed by atoms with van der Waals surface area (Å²) in [5.41, 5.74) is 6.56. The molecule has 2 aliphatic rings. The second kappa shape index (κ2) is 7.87. The molecule has 1 atom stereocenters. The van der Waals surface area contributed by atoms with Gasteiger partial charge < -0.3 is 5.73 Å². The molecule has 0 aromatic heterocycles. The zero-order valence-electron chi connectivity index (χ0n) is 15.6. The van der Waals surface area contributed by atoms with Crippen molar-refractivity contribution in [1.82, 2.24) is 9.21 Å². The van der Waals surface area contributed by atoms with Gasteiger partial charge in [0.05, 0.1) is 16.9 Å². The van der Waals surface area contributed by atoms with E-state index in [2.05, 4.69) is 0 Å². The Kier molecular flexibility index (Phi) is 6.36. The highest BCUT2D eigenvalue weighted by molar-refractivity contribution is 7.89. The van der Waals surface area contributed by atoms with Crippen LogP contribution in [0.3, 0.4) is 0 Å². The molecule has 2 N–H and O–H groups in total. The number of hydrogen-bond acceptors (Lipinski definition) is 5. The third-order valence-electron chi connectivity index (χ3n) is 5.33. The summed E-state index contributed by atoms with van der Waals surface area (Å²) in [6.45, 7) is 4.85. The maximum absolute atomic E-state index is 12.6. The first-order chi connectivity index (χ1) is 12.1. The predicted octanol–water partition coefficient (Wildman–Crippen LogP) is 1.48. The van der Waals surface area contributed by atoms with Crippen LogP contribution in [0.5, 0.6) is 0 Å². The second-order valence-corrected chi connectivity index (χ2v) is 9.78. The maximum Gasteiger partial charge on any atom is 0.261 e. The van der Waals surface area contributed by atoms with Gasteiger partial charge in [0.25, 0.3) is 11.8 Å². The van der Waals surface area contributed by atoms with E-state index in [1.165, 1.54) is 4.31 Å². The Labute approximate surface area is 166 Å². The third kappa shape index (κ3) is 4.18. The standard InChI is InChI=1S/C18H25N3O4S.ClH/c1-18(2)12-20(10-8-15(18)19)26(24,25)11-5-9-21-16(22)13-6-3-4-7-14(13)17(21)23;/h3-4,6-7,15H,5,8-12,19H2,1-2H3;1H. The normalized spacial score (nSPS) is 22.5. The Morgan fingerprint density at radius 2 is 1.70 bits per heavy atom. The molecule has 1 aromatic carbocycles. The van der Waals surface area contributed by atoms with Crippen molar-refractivity contribution in [2.45, 2.75) is 32.7 Å². The molecule has 27 heavy (non-hydrogen) atoms. The number of nitrogens with two attached hydrogens (primary N) is 1. The van der Waals surface area contributed by atoms with E-state index >= 15 is 0 Å². The number of piperidine rings is 1. The Balaban J connectivity index is 0.00000261. The summed E-state index contributed by atoms with van der Waals surface area (Å²) < 4.78 is 26.7. The van der Waals surface area contributed by atoms with Gasteiger partial charge in [-0.3, -0.25) is 14.5 Å². The van der Waals surface area contributed by atoms with Crippen LogP contribution in [0.15, 0.2) is 24.3 Å². The number of rotatable bonds is 5. The molecule has 2 heterocycles. The minimum absolute atomic E-state index is 0. The van der Waals surface area contributed by atoms with E-state index in [4.69, 9.17) is 5.73 Å². The average Bonchev–Trinajstić information content (AvgIpc) is 2.82. The number of nitrogens with zero attached hydrogens (tertiary/aromatic N) is 2. The fraction of sp³-hybridized carbons (Fsp3) is 0.556. The lowest BCUT2D eigenvalue weighted by molar-refractivity contribution is 0.0654. The summed E-state index contributed by atoms with van der Waals surface area (Å²) >= 11 is 0. The first-order valence-electron chi connectivity index (χ1n) is 8.82. The lowest BCUT2D eigenvalue weighted by atomic mass is 9.81. The average molecular weight is 416 g/mol. The fourth-order valence-electron chi connectivity index (χ4n) is 3.54. The van der Waals surface area contributed by atoms with Crippen molar-refractivity contribution in [2.75, 3.05) is 25.4 Å². The van der Waals surface area contributed by atoms with E-state index in [1.54, 1.807) is 24.3 Å². The van der Waals surface area contributed by atoms with Crippen molar-refractivity contribution < 1.29 is 18.0 Å². The zero-order chi connectivity index (χ0) is 19.1. The highest BCUT2D eigenvalue weighted by Crippen LogP contribution is 2.29. The van der Waals surface area contributed by atoms with Crippen molar-refractivity contribution in [1.29, 1.82) is 0 Å². The second-order valence-electron chi connectivity index (χ2n) is 7.69. The minimum atomic E-state index is -3.44. The van der Waals surface area contributed by atoms with Crippen LogP contribution in [-0.2, 0) is 10.0 Å². The Morgan fingerprint density at radius 1 is 1.15 bits per heavy atom. The molecular formula is C18H26ClN3O4S. The third-order valence-corrected chi connectivity index (χ3v) is 7.24. The molecule has 0 radical (unpaired) electrons. The van der Waals surface area contributed by atoms with Crippen LogP contribution >= 0.6 is 12.4 Å². The van der Waals surface area contributed by atoms with E-state index in [9.17, 15) is 18.0 Å². The van der Waals surface area contributed by atoms with Gasteiger partial charge in [-0.25, -0.2) is 12.7 Å². The highest BCUT2D eigenvalue weighted by Gasteiger charge is 2.39. The predicted molar refractivity (Wildman–Crippen MR) is 105 cm³/mol. The van der Waals surface area contributed by atoms with Crippen LogP contribution in [0.4, 0.5) is 0 Å². The molecule has 1 unspecified atom stereocenters. The molecule has 0 spiro atoms. The molecular weight excluding hydrogens is 390 g/mol. The number of carbonyl (C=O) groups is 2. The molecule has 0 saturated carbocycles. The molecule has 1 saturated heterocycles. The highest BCUT2D eigenvalue weighted by atomic mass is 35.5. The summed E-state index contributed by atoms with van der Waals surface area (Å²) in [6.07, 6.45) is 0.849.